The first-order chi connectivity index (χ1) is 12.5. The maximum absolute atomic E-state index is 11.8. The van der Waals surface area contributed by atoms with Crippen LogP contribution >= 0.6 is 11.6 Å². The van der Waals surface area contributed by atoms with Crippen molar-refractivity contribution < 1.29 is 14.3 Å². The Bertz CT molecular complexity index is 744. The van der Waals surface area contributed by atoms with Crippen molar-refractivity contribution in [3.63, 3.8) is 0 Å². The molecule has 0 N–H and O–H groups in total. The molecule has 0 radical (unpaired) electrons. The van der Waals surface area contributed by atoms with Gasteiger partial charge in [0.1, 0.15) is 18.1 Å². The molecule has 0 spiro atoms. The van der Waals surface area contributed by atoms with Crippen molar-refractivity contribution >= 4 is 17.6 Å². The normalized spacial score (nSPS) is 9.73. The molecule has 0 saturated carbocycles. The molecule has 5 heteroatoms. The van der Waals surface area contributed by atoms with Crippen molar-refractivity contribution in [1.82, 2.24) is 4.98 Å². The lowest BCUT2D eigenvalue weighted by Crippen LogP contribution is -2.08. The molecule has 26 heavy (non-hydrogen) atoms. The quantitative estimate of drug-likeness (QED) is 0.474. The summed E-state index contributed by atoms with van der Waals surface area (Å²) in [5.41, 5.74) is 2.86. The monoisotopic (exact) mass is 375 g/mol. The number of rotatable bonds is 7. The smallest absolute Gasteiger partial charge is 0.356 e. The summed E-state index contributed by atoms with van der Waals surface area (Å²) in [5.74, 6) is 0.301. The van der Waals surface area contributed by atoms with Gasteiger partial charge in [0.15, 0.2) is 0 Å². The summed E-state index contributed by atoms with van der Waals surface area (Å²) < 4.78 is 10.7. The van der Waals surface area contributed by atoms with Crippen LogP contribution < -0.4 is 4.74 Å². The Kier molecular flexibility index (Phi) is 9.45. The van der Waals surface area contributed by atoms with E-state index in [0.717, 1.165) is 22.6 Å². The van der Waals surface area contributed by atoms with E-state index in [1.165, 1.54) is 0 Å². The van der Waals surface area contributed by atoms with Gasteiger partial charge in [0.05, 0.1) is 6.61 Å². The van der Waals surface area contributed by atoms with Crippen LogP contribution in [0.1, 0.15) is 49.4 Å². The predicted molar refractivity (Wildman–Crippen MR) is 106 cm³/mol. The standard InChI is InChI=1S/C19H20ClNO3.C2H6/c1-4-23-19(22)17-7-5-6-16(21-17)11-14-10-15(20)8-9-18(14)24-12-13(2)3;1-2/h5-10H,2,4,11-12H2,1,3H3;1-2H3. The van der Waals surface area contributed by atoms with Crippen LogP contribution in [0.25, 0.3) is 0 Å². The molecule has 140 valence electrons. The zero-order valence-electron chi connectivity index (χ0n) is 15.8. The van der Waals surface area contributed by atoms with Gasteiger partial charge < -0.3 is 9.47 Å². The van der Waals surface area contributed by atoms with Crippen molar-refractivity contribution in [2.45, 2.75) is 34.1 Å². The molecule has 1 aromatic heterocycles. The first-order valence-corrected chi connectivity index (χ1v) is 9.06. The Balaban J connectivity index is 0.00000163. The second-order valence-corrected chi connectivity index (χ2v) is 5.85. The predicted octanol–water partition coefficient (Wildman–Crippen LogP) is 5.48. The maximum atomic E-state index is 11.8. The average Bonchev–Trinajstić information content (AvgIpc) is 2.63. The van der Waals surface area contributed by atoms with Gasteiger partial charge in [-0.05, 0) is 49.8 Å². The summed E-state index contributed by atoms with van der Waals surface area (Å²) in [7, 11) is 0. The summed E-state index contributed by atoms with van der Waals surface area (Å²) in [6, 6.07) is 10.7. The largest absolute Gasteiger partial charge is 0.489 e. The van der Waals surface area contributed by atoms with Gasteiger partial charge in [0, 0.05) is 22.7 Å². The Labute approximate surface area is 160 Å². The molecule has 0 fully saturated rings. The third kappa shape index (κ3) is 6.89. The van der Waals surface area contributed by atoms with E-state index in [2.05, 4.69) is 11.6 Å². The van der Waals surface area contributed by atoms with Crippen molar-refractivity contribution in [2.75, 3.05) is 13.2 Å². The minimum atomic E-state index is -0.427. The second-order valence-electron chi connectivity index (χ2n) is 5.41. The number of pyridine rings is 1. The van der Waals surface area contributed by atoms with E-state index in [1.807, 2.05) is 39.0 Å². The number of aromatic nitrogens is 1. The summed E-state index contributed by atoms with van der Waals surface area (Å²) in [4.78, 5) is 16.2. The molecule has 0 unspecified atom stereocenters. The van der Waals surface area contributed by atoms with Gasteiger partial charge in [0.2, 0.25) is 0 Å². The molecule has 0 aliphatic carbocycles. The van der Waals surface area contributed by atoms with Crippen molar-refractivity contribution in [3.8, 4) is 5.75 Å². The number of esters is 1. The molecule has 1 heterocycles. The molecule has 2 aromatic rings. The lowest BCUT2D eigenvalue weighted by Gasteiger charge is -2.12. The average molecular weight is 376 g/mol. The molecular formula is C21H26ClNO3. The Morgan fingerprint density at radius 3 is 2.62 bits per heavy atom. The first kappa shape index (κ1) is 21.7. The zero-order valence-corrected chi connectivity index (χ0v) is 16.6. The number of halogens is 1. The van der Waals surface area contributed by atoms with E-state index in [9.17, 15) is 4.79 Å². The van der Waals surface area contributed by atoms with Gasteiger partial charge in [-0.25, -0.2) is 9.78 Å². The Hall–Kier alpha value is -2.33. The van der Waals surface area contributed by atoms with Gasteiger partial charge in [-0.2, -0.15) is 0 Å². The van der Waals surface area contributed by atoms with Gasteiger partial charge in [-0.1, -0.05) is 38.1 Å². The van der Waals surface area contributed by atoms with Gasteiger partial charge in [-0.3, -0.25) is 0 Å². The molecule has 0 aliphatic heterocycles. The van der Waals surface area contributed by atoms with Crippen LogP contribution in [0.3, 0.4) is 0 Å². The summed E-state index contributed by atoms with van der Waals surface area (Å²) in [6.45, 7) is 12.3. The lowest BCUT2D eigenvalue weighted by atomic mass is 10.1. The minimum absolute atomic E-state index is 0.292. The van der Waals surface area contributed by atoms with Crippen LogP contribution in [0, 0.1) is 0 Å². The summed E-state index contributed by atoms with van der Waals surface area (Å²) >= 11 is 6.10. The van der Waals surface area contributed by atoms with Crippen LogP contribution in [-0.2, 0) is 11.2 Å². The molecular weight excluding hydrogens is 350 g/mol. The van der Waals surface area contributed by atoms with E-state index in [4.69, 9.17) is 21.1 Å². The second kappa shape index (κ2) is 11.3. The van der Waals surface area contributed by atoms with Crippen molar-refractivity contribution in [2.24, 2.45) is 0 Å². The first-order valence-electron chi connectivity index (χ1n) is 8.68. The van der Waals surface area contributed by atoms with Crippen LogP contribution in [-0.4, -0.2) is 24.2 Å². The SMILES string of the molecule is C=C(C)COc1ccc(Cl)cc1Cc1cccc(C(=O)OCC)n1.CC. The molecule has 0 saturated heterocycles. The Morgan fingerprint density at radius 1 is 1.23 bits per heavy atom. The molecule has 0 bridgehead atoms. The van der Waals surface area contributed by atoms with E-state index < -0.39 is 5.97 Å². The van der Waals surface area contributed by atoms with Crippen LogP contribution in [0.15, 0.2) is 48.6 Å². The minimum Gasteiger partial charge on any atom is -0.489 e. The highest BCUT2D eigenvalue weighted by Gasteiger charge is 2.11. The van der Waals surface area contributed by atoms with Gasteiger partial charge >= 0.3 is 5.97 Å². The third-order valence-electron chi connectivity index (χ3n) is 3.16. The Morgan fingerprint density at radius 2 is 1.96 bits per heavy atom. The fourth-order valence-electron chi connectivity index (χ4n) is 2.12. The van der Waals surface area contributed by atoms with Crippen LogP contribution in [0.4, 0.5) is 0 Å². The number of nitrogens with zero attached hydrogens (tertiary/aromatic N) is 1. The van der Waals surface area contributed by atoms with Gasteiger partial charge in [-0.15, -0.1) is 0 Å². The highest BCUT2D eigenvalue weighted by atomic mass is 35.5. The van der Waals surface area contributed by atoms with E-state index in [-0.39, 0.29) is 0 Å². The summed E-state index contributed by atoms with van der Waals surface area (Å²) in [5, 5.41) is 0.620. The van der Waals surface area contributed by atoms with Gasteiger partial charge in [0.25, 0.3) is 0 Å². The zero-order chi connectivity index (χ0) is 19.5. The van der Waals surface area contributed by atoms with Crippen LogP contribution in [0.2, 0.25) is 5.02 Å². The third-order valence-corrected chi connectivity index (χ3v) is 3.39. The van der Waals surface area contributed by atoms with Crippen molar-refractivity contribution in [3.05, 3.63) is 70.5 Å². The van der Waals surface area contributed by atoms with E-state index >= 15 is 0 Å². The number of benzene rings is 1. The molecule has 0 atom stereocenters. The molecule has 1 aromatic carbocycles. The lowest BCUT2D eigenvalue weighted by molar-refractivity contribution is 0.0519. The van der Waals surface area contributed by atoms with Crippen molar-refractivity contribution in [1.29, 1.82) is 0 Å². The van der Waals surface area contributed by atoms with E-state index in [0.29, 0.717) is 30.4 Å². The fourth-order valence-corrected chi connectivity index (χ4v) is 2.31. The fraction of sp³-hybridized carbons (Fsp3) is 0.333. The number of hydrogen-bond donors (Lipinski definition) is 0. The number of carbonyl (C=O) groups is 1. The topological polar surface area (TPSA) is 48.4 Å². The highest BCUT2D eigenvalue weighted by molar-refractivity contribution is 6.30. The molecule has 0 amide bonds. The summed E-state index contributed by atoms with van der Waals surface area (Å²) in [6.07, 6.45) is 0.499. The molecule has 2 rings (SSSR count). The maximum Gasteiger partial charge on any atom is 0.356 e. The number of carbonyl (C=O) groups excluding carboxylic acids is 1. The highest BCUT2D eigenvalue weighted by Crippen LogP contribution is 2.25. The number of hydrogen-bond acceptors (Lipinski definition) is 4. The molecule has 4 nitrogen and oxygen atoms in total. The molecule has 0 aliphatic rings. The van der Waals surface area contributed by atoms with Crippen LogP contribution in [0.5, 0.6) is 5.75 Å². The van der Waals surface area contributed by atoms with E-state index in [1.54, 1.807) is 25.1 Å². The number of ether oxygens (including phenoxy) is 2.